The van der Waals surface area contributed by atoms with Gasteiger partial charge in [-0.25, -0.2) is 4.39 Å². The van der Waals surface area contributed by atoms with E-state index < -0.39 is 0 Å². The maximum Gasteiger partial charge on any atom is 0.216 e. The first-order valence-corrected chi connectivity index (χ1v) is 5.53. The van der Waals surface area contributed by atoms with E-state index in [0.717, 1.165) is 5.56 Å². The highest BCUT2D eigenvalue weighted by atomic mass is 19.1. The molecule has 0 aliphatic rings. The van der Waals surface area contributed by atoms with Crippen LogP contribution in [0.2, 0.25) is 0 Å². The Hall–Kier alpha value is -1.68. The molecule has 0 aliphatic heterocycles. The largest absolute Gasteiger partial charge is 0.356 e. The lowest BCUT2D eigenvalue weighted by molar-refractivity contribution is -0.118. The molecule has 0 saturated carbocycles. The molecule has 1 amide bonds. The number of carbonyl (C=O) groups is 1. The van der Waals surface area contributed by atoms with E-state index in [2.05, 4.69) is 5.32 Å². The van der Waals surface area contributed by atoms with Gasteiger partial charge in [-0.3, -0.25) is 4.79 Å². The predicted octanol–water partition coefficient (Wildman–Crippen LogP) is 1.82. The molecule has 0 fully saturated rings. The number of nitrogens with two attached hydrogens (primary N) is 1. The first-order valence-electron chi connectivity index (χ1n) is 5.53. The van der Waals surface area contributed by atoms with Gasteiger partial charge in [-0.05, 0) is 24.1 Å². The third-order valence-corrected chi connectivity index (χ3v) is 2.28. The quantitative estimate of drug-likeness (QED) is 0.766. The van der Waals surface area contributed by atoms with Gasteiger partial charge in [-0.1, -0.05) is 18.2 Å². The van der Waals surface area contributed by atoms with E-state index >= 15 is 0 Å². The normalized spacial score (nSPS) is 10.8. The molecule has 1 aromatic carbocycles. The van der Waals surface area contributed by atoms with Gasteiger partial charge in [0.05, 0.1) is 0 Å². The Morgan fingerprint density at radius 3 is 2.94 bits per heavy atom. The van der Waals surface area contributed by atoms with Crippen LogP contribution in [0.4, 0.5) is 4.39 Å². The summed E-state index contributed by atoms with van der Waals surface area (Å²) < 4.78 is 13.4. The van der Waals surface area contributed by atoms with E-state index in [-0.39, 0.29) is 11.7 Å². The molecule has 0 atom stereocenters. The summed E-state index contributed by atoms with van der Waals surface area (Å²) in [6.45, 7) is 2.42. The van der Waals surface area contributed by atoms with Crippen molar-refractivity contribution in [1.82, 2.24) is 5.32 Å². The van der Waals surface area contributed by atoms with Crippen molar-refractivity contribution in [2.75, 3.05) is 6.54 Å². The molecule has 0 spiro atoms. The number of amides is 1. The standard InChI is InChI=1S/C13H17FN2O/c1-10(17)16-7-3-2-4-12-8-11(9-15)5-6-13(12)14/h2,4-6,8H,3,7,9,15H2,1H3,(H,16,17). The van der Waals surface area contributed by atoms with E-state index in [9.17, 15) is 9.18 Å². The van der Waals surface area contributed by atoms with Crippen molar-refractivity contribution in [2.24, 2.45) is 5.73 Å². The van der Waals surface area contributed by atoms with Crippen molar-refractivity contribution >= 4 is 12.0 Å². The molecule has 1 aromatic rings. The van der Waals surface area contributed by atoms with Gasteiger partial charge in [-0.2, -0.15) is 0 Å². The SMILES string of the molecule is CC(=O)NCCC=Cc1cc(CN)ccc1F. The Labute approximate surface area is 101 Å². The summed E-state index contributed by atoms with van der Waals surface area (Å²) in [4.78, 5) is 10.6. The van der Waals surface area contributed by atoms with Crippen molar-refractivity contribution in [2.45, 2.75) is 19.9 Å². The fraction of sp³-hybridized carbons (Fsp3) is 0.308. The molecule has 0 aromatic heterocycles. The molecule has 1 rings (SSSR count). The second-order valence-corrected chi connectivity index (χ2v) is 3.73. The number of hydrogen-bond donors (Lipinski definition) is 2. The molecule has 92 valence electrons. The molecular formula is C13H17FN2O. The zero-order valence-electron chi connectivity index (χ0n) is 9.87. The van der Waals surface area contributed by atoms with Crippen LogP contribution >= 0.6 is 0 Å². The second kappa shape index (κ2) is 6.81. The van der Waals surface area contributed by atoms with Crippen LogP contribution < -0.4 is 11.1 Å². The Morgan fingerprint density at radius 1 is 1.53 bits per heavy atom. The molecule has 4 heteroatoms. The highest BCUT2D eigenvalue weighted by Crippen LogP contribution is 2.12. The summed E-state index contributed by atoms with van der Waals surface area (Å²) in [5, 5.41) is 2.67. The molecule has 0 bridgehead atoms. The van der Waals surface area contributed by atoms with Gasteiger partial charge in [0.25, 0.3) is 0 Å². The Bertz CT molecular complexity index is 416. The minimum Gasteiger partial charge on any atom is -0.356 e. The summed E-state index contributed by atoms with van der Waals surface area (Å²) in [5.41, 5.74) is 6.90. The number of halogens is 1. The van der Waals surface area contributed by atoms with Gasteiger partial charge in [-0.15, -0.1) is 0 Å². The summed E-state index contributed by atoms with van der Waals surface area (Å²) in [5.74, 6) is -0.326. The van der Waals surface area contributed by atoms with Crippen LogP contribution in [0.1, 0.15) is 24.5 Å². The van der Waals surface area contributed by atoms with Gasteiger partial charge in [0.15, 0.2) is 0 Å². The number of carbonyl (C=O) groups excluding carboxylic acids is 1. The zero-order valence-corrected chi connectivity index (χ0v) is 9.87. The van der Waals surface area contributed by atoms with E-state index in [1.54, 1.807) is 18.2 Å². The smallest absolute Gasteiger partial charge is 0.216 e. The van der Waals surface area contributed by atoms with Gasteiger partial charge >= 0.3 is 0 Å². The molecular weight excluding hydrogens is 219 g/mol. The number of rotatable bonds is 5. The fourth-order valence-corrected chi connectivity index (χ4v) is 1.39. The fourth-order valence-electron chi connectivity index (χ4n) is 1.39. The Balaban J connectivity index is 2.55. The van der Waals surface area contributed by atoms with Crippen molar-refractivity contribution < 1.29 is 9.18 Å². The van der Waals surface area contributed by atoms with Crippen LogP contribution in [0.25, 0.3) is 6.08 Å². The summed E-state index contributed by atoms with van der Waals surface area (Å²) in [7, 11) is 0. The first-order chi connectivity index (χ1) is 8.13. The Kier molecular flexibility index (Phi) is 5.36. The van der Waals surface area contributed by atoms with Gasteiger partial charge in [0.1, 0.15) is 5.82 Å². The minimum absolute atomic E-state index is 0.0605. The molecule has 3 nitrogen and oxygen atoms in total. The average Bonchev–Trinajstić information content (AvgIpc) is 2.30. The maximum absolute atomic E-state index is 13.4. The maximum atomic E-state index is 13.4. The van der Waals surface area contributed by atoms with E-state index in [1.807, 2.05) is 6.08 Å². The van der Waals surface area contributed by atoms with Crippen molar-refractivity contribution in [3.8, 4) is 0 Å². The number of hydrogen-bond acceptors (Lipinski definition) is 2. The van der Waals surface area contributed by atoms with Gasteiger partial charge < -0.3 is 11.1 Å². The van der Waals surface area contributed by atoms with Gasteiger partial charge in [0.2, 0.25) is 5.91 Å². The van der Waals surface area contributed by atoms with Crippen LogP contribution in [0, 0.1) is 5.82 Å². The molecule has 17 heavy (non-hydrogen) atoms. The van der Waals surface area contributed by atoms with Crippen LogP contribution in [-0.4, -0.2) is 12.5 Å². The monoisotopic (exact) mass is 236 g/mol. The van der Waals surface area contributed by atoms with Crippen molar-refractivity contribution in [3.63, 3.8) is 0 Å². The van der Waals surface area contributed by atoms with E-state index in [4.69, 9.17) is 5.73 Å². The molecule has 0 aliphatic carbocycles. The lowest BCUT2D eigenvalue weighted by Crippen LogP contribution is -2.20. The van der Waals surface area contributed by atoms with Gasteiger partial charge in [0, 0.05) is 25.6 Å². The summed E-state index contributed by atoms with van der Waals surface area (Å²) in [6.07, 6.45) is 4.21. The average molecular weight is 236 g/mol. The summed E-state index contributed by atoms with van der Waals surface area (Å²) in [6, 6.07) is 4.81. The first kappa shape index (κ1) is 13.4. The molecule has 0 saturated heterocycles. The van der Waals surface area contributed by atoms with Crippen LogP contribution in [0.3, 0.4) is 0 Å². The van der Waals surface area contributed by atoms with Crippen LogP contribution in [0.5, 0.6) is 0 Å². The Morgan fingerprint density at radius 2 is 2.29 bits per heavy atom. The number of nitrogens with one attached hydrogen (secondary N) is 1. The topological polar surface area (TPSA) is 55.1 Å². The van der Waals surface area contributed by atoms with Crippen molar-refractivity contribution in [3.05, 3.63) is 41.2 Å². The zero-order chi connectivity index (χ0) is 12.7. The predicted molar refractivity (Wildman–Crippen MR) is 66.6 cm³/mol. The van der Waals surface area contributed by atoms with Crippen LogP contribution in [0.15, 0.2) is 24.3 Å². The minimum atomic E-state index is -0.266. The molecule has 3 N–H and O–H groups in total. The van der Waals surface area contributed by atoms with E-state index in [1.165, 1.54) is 13.0 Å². The molecule has 0 heterocycles. The summed E-state index contributed by atoms with van der Waals surface area (Å²) >= 11 is 0. The van der Waals surface area contributed by atoms with Crippen molar-refractivity contribution in [1.29, 1.82) is 0 Å². The molecule has 0 unspecified atom stereocenters. The lowest BCUT2D eigenvalue weighted by atomic mass is 10.1. The third-order valence-electron chi connectivity index (χ3n) is 2.28. The van der Waals surface area contributed by atoms with Crippen LogP contribution in [-0.2, 0) is 11.3 Å². The second-order valence-electron chi connectivity index (χ2n) is 3.73. The molecule has 0 radical (unpaired) electrons. The third kappa shape index (κ3) is 4.78. The highest BCUT2D eigenvalue weighted by molar-refractivity contribution is 5.72. The highest BCUT2D eigenvalue weighted by Gasteiger charge is 1.99. The lowest BCUT2D eigenvalue weighted by Gasteiger charge is -2.01. The number of benzene rings is 1. The van der Waals surface area contributed by atoms with E-state index in [0.29, 0.717) is 25.1 Å².